The first-order valence-electron chi connectivity index (χ1n) is 11.5. The molecule has 1 saturated heterocycles. The van der Waals surface area contributed by atoms with Gasteiger partial charge in [-0.15, -0.1) is 0 Å². The van der Waals surface area contributed by atoms with Crippen molar-refractivity contribution in [3.63, 3.8) is 0 Å². The van der Waals surface area contributed by atoms with Crippen molar-refractivity contribution in [2.45, 2.75) is 32.1 Å². The summed E-state index contributed by atoms with van der Waals surface area (Å²) in [5.74, 6) is 1.01. The Kier molecular flexibility index (Phi) is 6.86. The van der Waals surface area contributed by atoms with Crippen LogP contribution in [-0.2, 0) is 0 Å². The van der Waals surface area contributed by atoms with Gasteiger partial charge >= 0.3 is 0 Å². The van der Waals surface area contributed by atoms with E-state index < -0.39 is 0 Å². The van der Waals surface area contributed by atoms with Crippen molar-refractivity contribution in [2.24, 2.45) is 0 Å². The van der Waals surface area contributed by atoms with Crippen LogP contribution < -0.4 is 4.74 Å². The van der Waals surface area contributed by atoms with E-state index in [1.807, 2.05) is 0 Å². The third-order valence-corrected chi connectivity index (χ3v) is 6.42. The highest BCUT2D eigenvalue weighted by Gasteiger charge is 2.23. The molecule has 1 aliphatic heterocycles. The maximum absolute atomic E-state index is 6.49. The van der Waals surface area contributed by atoms with Gasteiger partial charge in [-0.1, -0.05) is 78.9 Å². The fraction of sp³-hybridized carbons (Fsp3) is 0.357. The average molecular weight is 401 g/mol. The molecular weight excluding hydrogens is 366 g/mol. The van der Waals surface area contributed by atoms with Gasteiger partial charge in [-0.25, -0.2) is 0 Å². The summed E-state index contributed by atoms with van der Waals surface area (Å²) in [6.07, 6.45) is 6.52. The zero-order chi connectivity index (χ0) is 20.7. The molecule has 4 rings (SSSR count). The molecule has 0 unspecified atom stereocenters. The average Bonchev–Trinajstić information content (AvgIpc) is 2.80. The SMILES string of the molecule is C[N+]1(CCCCOc2c(-c3ccccc3)cccc2-c2ccccc2)CCCCC1. The molecular formula is C28H34NO+. The number of benzene rings is 3. The number of ether oxygens (including phenoxy) is 1. The topological polar surface area (TPSA) is 9.23 Å². The Morgan fingerprint density at radius 1 is 0.667 bits per heavy atom. The van der Waals surface area contributed by atoms with Crippen molar-refractivity contribution in [3.8, 4) is 28.0 Å². The van der Waals surface area contributed by atoms with Gasteiger partial charge in [0, 0.05) is 11.1 Å². The van der Waals surface area contributed by atoms with Crippen molar-refractivity contribution in [2.75, 3.05) is 33.3 Å². The summed E-state index contributed by atoms with van der Waals surface area (Å²) in [6.45, 7) is 4.73. The molecule has 156 valence electrons. The predicted octanol–water partition coefficient (Wildman–Crippen LogP) is 6.81. The summed E-state index contributed by atoms with van der Waals surface area (Å²) in [7, 11) is 2.43. The molecule has 2 nitrogen and oxygen atoms in total. The molecule has 0 radical (unpaired) electrons. The van der Waals surface area contributed by atoms with Crippen LogP contribution in [0.25, 0.3) is 22.3 Å². The molecule has 3 aromatic rings. The minimum absolute atomic E-state index is 0.768. The summed E-state index contributed by atoms with van der Waals surface area (Å²) in [6, 6.07) is 27.7. The maximum Gasteiger partial charge on any atom is 0.134 e. The lowest BCUT2D eigenvalue weighted by atomic mass is 9.97. The lowest BCUT2D eigenvalue weighted by Gasteiger charge is -2.37. The molecule has 0 bridgehead atoms. The van der Waals surface area contributed by atoms with Gasteiger partial charge in [-0.05, 0) is 43.2 Å². The van der Waals surface area contributed by atoms with Crippen LogP contribution in [0.2, 0.25) is 0 Å². The highest BCUT2D eigenvalue weighted by Crippen LogP contribution is 2.39. The molecule has 2 heteroatoms. The van der Waals surface area contributed by atoms with Crippen molar-refractivity contribution >= 4 is 0 Å². The van der Waals surface area contributed by atoms with Crippen LogP contribution >= 0.6 is 0 Å². The molecule has 0 saturated carbocycles. The minimum atomic E-state index is 0.768. The van der Waals surface area contributed by atoms with Gasteiger partial charge < -0.3 is 9.22 Å². The van der Waals surface area contributed by atoms with Crippen molar-refractivity contribution in [1.29, 1.82) is 0 Å². The van der Waals surface area contributed by atoms with E-state index >= 15 is 0 Å². The summed E-state index contributed by atoms with van der Waals surface area (Å²) in [5.41, 5.74) is 4.76. The predicted molar refractivity (Wildman–Crippen MR) is 127 cm³/mol. The van der Waals surface area contributed by atoms with Gasteiger partial charge in [0.1, 0.15) is 5.75 Å². The molecule has 0 aromatic heterocycles. The second-order valence-electron chi connectivity index (χ2n) is 8.82. The molecule has 1 fully saturated rings. The monoisotopic (exact) mass is 400 g/mol. The quantitative estimate of drug-likeness (QED) is 0.298. The number of para-hydroxylation sites is 1. The number of hydrogen-bond donors (Lipinski definition) is 0. The van der Waals surface area contributed by atoms with E-state index in [0.29, 0.717) is 0 Å². The highest BCUT2D eigenvalue weighted by atomic mass is 16.5. The molecule has 0 atom stereocenters. The third kappa shape index (κ3) is 5.12. The Morgan fingerprint density at radius 2 is 1.23 bits per heavy atom. The lowest BCUT2D eigenvalue weighted by Crippen LogP contribution is -2.48. The van der Waals surface area contributed by atoms with Crippen LogP contribution in [-0.4, -0.2) is 37.8 Å². The molecule has 3 aromatic carbocycles. The van der Waals surface area contributed by atoms with Gasteiger partial charge in [-0.3, -0.25) is 0 Å². The number of likely N-dealkylation sites (tertiary alicyclic amines) is 1. The largest absolute Gasteiger partial charge is 0.492 e. The van der Waals surface area contributed by atoms with Gasteiger partial charge in [-0.2, -0.15) is 0 Å². The summed E-state index contributed by atoms with van der Waals surface area (Å²) >= 11 is 0. The Labute approximate surface area is 181 Å². The number of quaternary nitrogens is 1. The number of rotatable bonds is 8. The molecule has 0 aliphatic carbocycles. The van der Waals surface area contributed by atoms with Crippen LogP contribution in [0.3, 0.4) is 0 Å². The third-order valence-electron chi connectivity index (χ3n) is 6.42. The summed E-state index contributed by atoms with van der Waals surface area (Å²) in [5, 5.41) is 0. The lowest BCUT2D eigenvalue weighted by molar-refractivity contribution is -0.914. The van der Waals surface area contributed by atoms with Gasteiger partial charge in [0.2, 0.25) is 0 Å². The van der Waals surface area contributed by atoms with Crippen molar-refractivity contribution in [3.05, 3.63) is 78.9 Å². The van der Waals surface area contributed by atoms with E-state index in [0.717, 1.165) is 18.8 Å². The Hall–Kier alpha value is -2.58. The van der Waals surface area contributed by atoms with E-state index in [1.54, 1.807) is 0 Å². The molecule has 1 heterocycles. The van der Waals surface area contributed by atoms with E-state index in [2.05, 4.69) is 85.9 Å². The van der Waals surface area contributed by atoms with Gasteiger partial charge in [0.05, 0.1) is 33.3 Å². The smallest absolute Gasteiger partial charge is 0.134 e. The highest BCUT2D eigenvalue weighted by molar-refractivity contribution is 5.82. The van der Waals surface area contributed by atoms with Gasteiger partial charge in [0.25, 0.3) is 0 Å². The number of nitrogens with zero attached hydrogens (tertiary/aromatic N) is 1. The minimum Gasteiger partial charge on any atom is -0.492 e. The first-order valence-corrected chi connectivity index (χ1v) is 11.5. The Morgan fingerprint density at radius 3 is 1.80 bits per heavy atom. The molecule has 30 heavy (non-hydrogen) atoms. The first-order chi connectivity index (χ1) is 14.8. The van der Waals surface area contributed by atoms with E-state index in [4.69, 9.17) is 4.74 Å². The number of unbranched alkanes of at least 4 members (excludes halogenated alkanes) is 1. The number of piperidine rings is 1. The van der Waals surface area contributed by atoms with Crippen LogP contribution in [0.1, 0.15) is 32.1 Å². The van der Waals surface area contributed by atoms with Crippen LogP contribution in [0, 0.1) is 0 Å². The second-order valence-corrected chi connectivity index (χ2v) is 8.82. The van der Waals surface area contributed by atoms with Crippen molar-refractivity contribution in [1.82, 2.24) is 0 Å². The Balaban J connectivity index is 1.49. The van der Waals surface area contributed by atoms with Crippen molar-refractivity contribution < 1.29 is 9.22 Å². The summed E-state index contributed by atoms with van der Waals surface area (Å²) < 4.78 is 7.74. The normalized spacial score (nSPS) is 15.6. The van der Waals surface area contributed by atoms with E-state index in [9.17, 15) is 0 Å². The first kappa shape index (κ1) is 20.7. The zero-order valence-corrected chi connectivity index (χ0v) is 18.2. The maximum atomic E-state index is 6.49. The van der Waals surface area contributed by atoms with E-state index in [-0.39, 0.29) is 0 Å². The molecule has 0 N–H and O–H groups in total. The number of hydrogen-bond acceptors (Lipinski definition) is 1. The zero-order valence-electron chi connectivity index (χ0n) is 18.2. The second kappa shape index (κ2) is 9.95. The molecule has 0 spiro atoms. The van der Waals surface area contributed by atoms with Crippen LogP contribution in [0.5, 0.6) is 5.75 Å². The fourth-order valence-electron chi connectivity index (χ4n) is 4.65. The van der Waals surface area contributed by atoms with Crippen LogP contribution in [0.15, 0.2) is 78.9 Å². The summed E-state index contributed by atoms with van der Waals surface area (Å²) in [4.78, 5) is 0. The fourth-order valence-corrected chi connectivity index (χ4v) is 4.65. The standard InChI is InChI=1S/C28H34NO/c1-29(20-9-4-10-21-29)22-11-12-23-30-28-26(24-14-5-2-6-15-24)18-13-19-27(28)25-16-7-3-8-17-25/h2-3,5-8,13-19H,4,9-12,20-23H2,1H3/q+1. The van der Waals surface area contributed by atoms with Gasteiger partial charge in [0.15, 0.2) is 0 Å². The Bertz CT molecular complexity index is 856. The van der Waals surface area contributed by atoms with Crippen LogP contribution in [0.4, 0.5) is 0 Å². The molecule has 1 aliphatic rings. The molecule has 0 amide bonds. The van der Waals surface area contributed by atoms with E-state index in [1.165, 1.54) is 72.1 Å².